The molecule has 38 heavy (non-hydrogen) atoms. The molecule has 1 aromatic heterocycles. The highest BCUT2D eigenvalue weighted by atomic mass is 32.2. The van der Waals surface area contributed by atoms with E-state index in [0.717, 1.165) is 10.4 Å². The Morgan fingerprint density at radius 2 is 1.68 bits per heavy atom. The smallest absolute Gasteiger partial charge is 0.353 e. The number of carboxylic acid groups (broad SMARTS) is 1. The molecule has 0 radical (unpaired) electrons. The highest BCUT2D eigenvalue weighted by Crippen LogP contribution is 2.45. The Balaban J connectivity index is 1.37. The second-order valence-electron chi connectivity index (χ2n) is 10.0. The van der Waals surface area contributed by atoms with Crippen molar-refractivity contribution in [2.24, 2.45) is 0 Å². The Morgan fingerprint density at radius 1 is 1.08 bits per heavy atom. The fraction of sp³-hybridized carbons (Fsp3) is 0.222. The van der Waals surface area contributed by atoms with Crippen LogP contribution in [0.1, 0.15) is 26.5 Å². The molecule has 1 N–H and O–H groups in total. The molecule has 1 amide bonds. The third-order valence-corrected chi connectivity index (χ3v) is 12.6. The monoisotopic (exact) mass is 546 g/mol. The summed E-state index contributed by atoms with van der Waals surface area (Å²) in [5.41, 5.74) is 0.803. The van der Waals surface area contributed by atoms with Gasteiger partial charge in [0.2, 0.25) is 0 Å². The normalized spacial score (nSPS) is 18.1. The molecule has 2 aliphatic heterocycles. The maximum Gasteiger partial charge on any atom is 0.353 e. The molecule has 2 aromatic carbocycles. The van der Waals surface area contributed by atoms with E-state index in [1.54, 1.807) is 12.3 Å². The van der Waals surface area contributed by atoms with Gasteiger partial charge in [0, 0.05) is 5.41 Å². The molecular formula is C27H26N4O5SSi. The lowest BCUT2D eigenvalue weighted by Gasteiger charge is -2.42. The lowest BCUT2D eigenvalue weighted by molar-refractivity contribution is -0.141. The molecule has 0 aliphatic carbocycles. The van der Waals surface area contributed by atoms with Gasteiger partial charge in [-0.3, -0.25) is 14.5 Å². The number of fused-ring (bicyclic) bond motifs is 1. The average Bonchev–Trinajstić information content (AvgIpc) is 3.51. The highest BCUT2D eigenvalue weighted by Gasteiger charge is 2.53. The molecule has 9 nitrogen and oxygen atoms in total. The van der Waals surface area contributed by atoms with Crippen LogP contribution in [0.5, 0.6) is 0 Å². The average molecular weight is 547 g/mol. The van der Waals surface area contributed by atoms with Crippen molar-refractivity contribution in [3.8, 4) is 0 Å². The molecule has 5 rings (SSSR count). The number of carboxylic acids is 1. The van der Waals surface area contributed by atoms with Crippen molar-refractivity contribution in [3.63, 3.8) is 0 Å². The van der Waals surface area contributed by atoms with Crippen molar-refractivity contribution in [2.75, 3.05) is 0 Å². The number of thioether (sulfide) groups is 1. The Hall–Kier alpha value is -3.96. The van der Waals surface area contributed by atoms with E-state index >= 15 is 0 Å². The van der Waals surface area contributed by atoms with Crippen molar-refractivity contribution < 1.29 is 23.9 Å². The van der Waals surface area contributed by atoms with Crippen LogP contribution in [-0.4, -0.2) is 56.5 Å². The first-order valence-electron chi connectivity index (χ1n) is 12.0. The van der Waals surface area contributed by atoms with Gasteiger partial charge in [-0.25, -0.2) is 9.48 Å². The van der Waals surface area contributed by atoms with E-state index in [9.17, 15) is 19.5 Å². The second-order valence-corrected chi connectivity index (χ2v) is 15.2. The zero-order valence-corrected chi connectivity index (χ0v) is 22.9. The quantitative estimate of drug-likeness (QED) is 0.273. The molecule has 194 valence electrons. The molecule has 0 saturated carbocycles. The molecule has 0 bridgehead atoms. The van der Waals surface area contributed by atoms with Crippen LogP contribution >= 0.6 is 11.8 Å². The molecule has 11 heteroatoms. The maximum absolute atomic E-state index is 13.4. The molecule has 3 heterocycles. The number of amides is 1. The predicted molar refractivity (Wildman–Crippen MR) is 146 cm³/mol. The predicted octanol–water partition coefficient (Wildman–Crippen LogP) is 2.61. The van der Waals surface area contributed by atoms with Gasteiger partial charge in [0.05, 0.1) is 11.8 Å². The number of β-lactam (4-membered cyclic amide) rings is 1. The van der Waals surface area contributed by atoms with Crippen molar-refractivity contribution in [1.29, 1.82) is 0 Å². The molecule has 0 spiro atoms. The van der Waals surface area contributed by atoms with Gasteiger partial charge in [0.25, 0.3) is 5.91 Å². The maximum atomic E-state index is 13.4. The zero-order chi connectivity index (χ0) is 27.1. The number of rotatable bonds is 7. The van der Waals surface area contributed by atoms with Crippen LogP contribution < -0.4 is 10.4 Å². The SMILES string of the molecule is CC(C)(C)[Si](OC(=O)Cn1cc(/C=C2\C(=O)N3C(C(=O)O)=CS[C@H]23)nn1)(c1ccccc1)c1ccccc1. The summed E-state index contributed by atoms with van der Waals surface area (Å²) in [6, 6.07) is 19.8. The van der Waals surface area contributed by atoms with Crippen LogP contribution in [0, 0.1) is 0 Å². The van der Waals surface area contributed by atoms with Crippen LogP contribution in [0.4, 0.5) is 0 Å². The number of hydrogen-bond donors (Lipinski definition) is 1. The van der Waals surface area contributed by atoms with E-state index in [4.69, 9.17) is 4.43 Å². The number of nitrogens with zero attached hydrogens (tertiary/aromatic N) is 4. The largest absolute Gasteiger partial charge is 0.508 e. The molecular weight excluding hydrogens is 520 g/mol. The summed E-state index contributed by atoms with van der Waals surface area (Å²) < 4.78 is 7.86. The van der Waals surface area contributed by atoms with E-state index in [0.29, 0.717) is 11.3 Å². The summed E-state index contributed by atoms with van der Waals surface area (Å²) in [6.07, 6.45) is 3.15. The minimum atomic E-state index is -3.05. The number of carbonyl (C=O) groups excluding carboxylic acids is 2. The first-order valence-corrected chi connectivity index (χ1v) is 14.8. The molecule has 3 aromatic rings. The first kappa shape index (κ1) is 25.7. The summed E-state index contributed by atoms with van der Waals surface area (Å²) in [5, 5.41) is 20.1. The first-order chi connectivity index (χ1) is 18.1. The minimum Gasteiger partial charge on any atom is -0.508 e. The Kier molecular flexibility index (Phi) is 6.57. The molecule has 1 saturated heterocycles. The lowest BCUT2D eigenvalue weighted by Crippen LogP contribution is -2.67. The number of aromatic nitrogens is 3. The summed E-state index contributed by atoms with van der Waals surface area (Å²) in [7, 11) is -3.05. The Bertz CT molecular complexity index is 1420. The van der Waals surface area contributed by atoms with Gasteiger partial charge in [-0.05, 0) is 21.5 Å². The third kappa shape index (κ3) is 4.37. The molecule has 2 aliphatic rings. The van der Waals surface area contributed by atoms with Gasteiger partial charge in [0.15, 0.2) is 0 Å². The van der Waals surface area contributed by atoms with Crippen LogP contribution in [0.25, 0.3) is 6.08 Å². The van der Waals surface area contributed by atoms with Gasteiger partial charge in [0.1, 0.15) is 23.3 Å². The number of hydrogen-bond acceptors (Lipinski definition) is 7. The number of aliphatic carboxylic acids is 1. The summed E-state index contributed by atoms with van der Waals surface area (Å²) in [6.45, 7) is 6.13. The van der Waals surface area contributed by atoms with Crippen molar-refractivity contribution in [1.82, 2.24) is 19.9 Å². The van der Waals surface area contributed by atoms with Crippen LogP contribution in [0.15, 0.2) is 83.5 Å². The van der Waals surface area contributed by atoms with Crippen LogP contribution in [0.3, 0.4) is 0 Å². The summed E-state index contributed by atoms with van der Waals surface area (Å²) in [5.74, 6) is -1.96. The van der Waals surface area contributed by atoms with Gasteiger partial charge < -0.3 is 9.53 Å². The highest BCUT2D eigenvalue weighted by molar-refractivity contribution is 8.03. The molecule has 1 atom stereocenters. The van der Waals surface area contributed by atoms with Crippen molar-refractivity contribution in [2.45, 2.75) is 37.7 Å². The second kappa shape index (κ2) is 9.73. The zero-order valence-electron chi connectivity index (χ0n) is 21.1. The van der Waals surface area contributed by atoms with E-state index in [1.165, 1.54) is 26.8 Å². The summed E-state index contributed by atoms with van der Waals surface area (Å²) in [4.78, 5) is 38.4. The van der Waals surface area contributed by atoms with Gasteiger partial charge in [-0.2, -0.15) is 0 Å². The fourth-order valence-corrected chi connectivity index (χ4v) is 10.3. The van der Waals surface area contributed by atoms with Crippen molar-refractivity contribution >= 4 is 54.4 Å². The van der Waals surface area contributed by atoms with E-state index in [1.807, 2.05) is 60.7 Å². The van der Waals surface area contributed by atoms with E-state index in [2.05, 4.69) is 31.1 Å². The van der Waals surface area contributed by atoms with Crippen LogP contribution in [-0.2, 0) is 25.4 Å². The van der Waals surface area contributed by atoms with Gasteiger partial charge >= 0.3 is 20.3 Å². The van der Waals surface area contributed by atoms with Crippen LogP contribution in [0.2, 0.25) is 5.04 Å². The Labute approximate surface area is 224 Å². The van der Waals surface area contributed by atoms with E-state index in [-0.39, 0.29) is 28.6 Å². The molecule has 1 fully saturated rings. The minimum absolute atomic E-state index is 0.0307. The fourth-order valence-electron chi connectivity index (χ4n) is 4.87. The summed E-state index contributed by atoms with van der Waals surface area (Å²) >= 11 is 1.25. The van der Waals surface area contributed by atoms with Crippen molar-refractivity contribution in [3.05, 3.63) is 89.2 Å². The third-order valence-electron chi connectivity index (χ3n) is 6.59. The van der Waals surface area contributed by atoms with E-state index < -0.39 is 20.3 Å². The van der Waals surface area contributed by atoms with Gasteiger partial charge in [-0.15, -0.1) is 16.9 Å². The number of carbonyl (C=O) groups is 3. The molecule has 0 unspecified atom stereocenters. The topological polar surface area (TPSA) is 115 Å². The lowest BCUT2D eigenvalue weighted by atomic mass is 10.0. The Morgan fingerprint density at radius 3 is 2.24 bits per heavy atom. The van der Waals surface area contributed by atoms with Gasteiger partial charge in [-0.1, -0.05) is 86.6 Å². The standard InChI is InChI=1S/C27H26N4O5SSi/c1-27(2,3)38(19-10-6-4-7-11-19,20-12-8-5-9-13-20)36-23(32)16-30-15-18(28-29-30)14-21-24(33)31-22(26(34)35)17-37-25(21)31/h4-15,17,25H,16H2,1-3H3,(H,34,35)/b21-14+/t25-/m1/s1. The number of benzene rings is 2.